The SMILES string of the molecule is CCCCC(C(=O)O)c1cccc(C(=O)c2ccccc2)c1. The van der Waals surface area contributed by atoms with Gasteiger partial charge >= 0.3 is 5.97 Å². The van der Waals surface area contributed by atoms with Crippen LogP contribution in [-0.4, -0.2) is 16.9 Å². The van der Waals surface area contributed by atoms with Gasteiger partial charge in [0.05, 0.1) is 5.92 Å². The van der Waals surface area contributed by atoms with Crippen molar-refractivity contribution in [3.63, 3.8) is 0 Å². The van der Waals surface area contributed by atoms with Gasteiger partial charge < -0.3 is 5.11 Å². The second kappa shape index (κ2) is 7.55. The number of aliphatic carboxylic acids is 1. The zero-order valence-electron chi connectivity index (χ0n) is 12.7. The number of carboxylic acids is 1. The molecule has 0 aliphatic carbocycles. The third-order valence-corrected chi connectivity index (χ3v) is 3.73. The summed E-state index contributed by atoms with van der Waals surface area (Å²) in [6.45, 7) is 2.04. The van der Waals surface area contributed by atoms with Gasteiger partial charge in [0.2, 0.25) is 0 Å². The van der Waals surface area contributed by atoms with Crippen molar-refractivity contribution in [2.45, 2.75) is 32.1 Å². The molecule has 0 aromatic heterocycles. The average Bonchev–Trinajstić information content (AvgIpc) is 2.55. The third-order valence-electron chi connectivity index (χ3n) is 3.73. The van der Waals surface area contributed by atoms with Crippen molar-refractivity contribution in [1.82, 2.24) is 0 Å². The minimum Gasteiger partial charge on any atom is -0.481 e. The van der Waals surface area contributed by atoms with Crippen LogP contribution in [0.15, 0.2) is 54.6 Å². The Bertz CT molecular complexity index is 647. The molecule has 0 spiro atoms. The van der Waals surface area contributed by atoms with E-state index >= 15 is 0 Å². The van der Waals surface area contributed by atoms with Gasteiger partial charge in [-0.3, -0.25) is 9.59 Å². The van der Waals surface area contributed by atoms with Gasteiger partial charge in [-0.2, -0.15) is 0 Å². The van der Waals surface area contributed by atoms with E-state index in [1.54, 1.807) is 36.4 Å². The maximum absolute atomic E-state index is 12.5. The van der Waals surface area contributed by atoms with E-state index in [-0.39, 0.29) is 5.78 Å². The molecule has 0 saturated carbocycles. The van der Waals surface area contributed by atoms with Crippen molar-refractivity contribution in [1.29, 1.82) is 0 Å². The fourth-order valence-electron chi connectivity index (χ4n) is 2.49. The molecule has 0 amide bonds. The highest BCUT2D eigenvalue weighted by atomic mass is 16.4. The molecule has 114 valence electrons. The number of hydrogen-bond acceptors (Lipinski definition) is 2. The van der Waals surface area contributed by atoms with Crippen molar-refractivity contribution < 1.29 is 14.7 Å². The molecule has 1 unspecified atom stereocenters. The van der Waals surface area contributed by atoms with Crippen molar-refractivity contribution >= 4 is 11.8 Å². The molecule has 1 atom stereocenters. The van der Waals surface area contributed by atoms with Crippen LogP contribution in [0.4, 0.5) is 0 Å². The Hall–Kier alpha value is -2.42. The van der Waals surface area contributed by atoms with E-state index in [1.165, 1.54) is 0 Å². The van der Waals surface area contributed by atoms with Crippen molar-refractivity contribution in [3.05, 3.63) is 71.3 Å². The van der Waals surface area contributed by atoms with Crippen LogP contribution in [0.25, 0.3) is 0 Å². The first kappa shape index (κ1) is 16.0. The highest BCUT2D eigenvalue weighted by molar-refractivity contribution is 6.09. The zero-order valence-corrected chi connectivity index (χ0v) is 12.7. The molecular formula is C19H20O3. The second-order valence-electron chi connectivity index (χ2n) is 5.35. The van der Waals surface area contributed by atoms with Gasteiger partial charge in [0.25, 0.3) is 0 Å². The van der Waals surface area contributed by atoms with Gasteiger partial charge in [-0.05, 0) is 18.1 Å². The Kier molecular flexibility index (Phi) is 5.48. The highest BCUT2D eigenvalue weighted by Crippen LogP contribution is 2.24. The lowest BCUT2D eigenvalue weighted by Crippen LogP contribution is -2.12. The first-order valence-corrected chi connectivity index (χ1v) is 7.56. The Morgan fingerprint density at radius 1 is 1.00 bits per heavy atom. The molecule has 2 aromatic carbocycles. The van der Waals surface area contributed by atoms with Crippen LogP contribution in [-0.2, 0) is 4.79 Å². The molecule has 0 bridgehead atoms. The highest BCUT2D eigenvalue weighted by Gasteiger charge is 2.20. The van der Waals surface area contributed by atoms with Crippen LogP contribution in [0.2, 0.25) is 0 Å². The van der Waals surface area contributed by atoms with Crippen molar-refractivity contribution in [3.8, 4) is 0 Å². The summed E-state index contributed by atoms with van der Waals surface area (Å²) in [5.41, 5.74) is 1.84. The van der Waals surface area contributed by atoms with Crippen LogP contribution < -0.4 is 0 Å². The lowest BCUT2D eigenvalue weighted by molar-refractivity contribution is -0.139. The number of carboxylic acid groups (broad SMARTS) is 1. The molecule has 0 aliphatic rings. The van der Waals surface area contributed by atoms with Crippen LogP contribution in [0.5, 0.6) is 0 Å². The zero-order chi connectivity index (χ0) is 15.9. The van der Waals surface area contributed by atoms with Crippen LogP contribution >= 0.6 is 0 Å². The summed E-state index contributed by atoms with van der Waals surface area (Å²) in [5, 5.41) is 9.41. The van der Waals surface area contributed by atoms with Crippen LogP contribution in [0.3, 0.4) is 0 Å². The molecule has 22 heavy (non-hydrogen) atoms. The molecule has 0 heterocycles. The van der Waals surface area contributed by atoms with Gasteiger partial charge in [0.1, 0.15) is 0 Å². The lowest BCUT2D eigenvalue weighted by atomic mass is 9.91. The number of benzene rings is 2. The van der Waals surface area contributed by atoms with E-state index in [9.17, 15) is 14.7 Å². The number of carbonyl (C=O) groups is 2. The van der Waals surface area contributed by atoms with E-state index in [4.69, 9.17) is 0 Å². The minimum atomic E-state index is -0.835. The molecule has 0 aliphatic heterocycles. The number of carbonyl (C=O) groups excluding carboxylic acids is 1. The van der Waals surface area contributed by atoms with Crippen LogP contribution in [0.1, 0.15) is 53.6 Å². The lowest BCUT2D eigenvalue weighted by Gasteiger charge is -2.13. The number of unbranched alkanes of at least 4 members (excludes halogenated alkanes) is 1. The molecule has 0 saturated heterocycles. The predicted octanol–water partition coefficient (Wildman–Crippen LogP) is 4.28. The standard InChI is InChI=1S/C19H20O3/c1-2-3-12-17(19(21)22)15-10-7-11-16(13-15)18(20)14-8-5-4-6-9-14/h4-11,13,17H,2-3,12H2,1H3,(H,21,22). The summed E-state index contributed by atoms with van der Waals surface area (Å²) < 4.78 is 0. The normalized spacial score (nSPS) is 11.9. The summed E-state index contributed by atoms with van der Waals surface area (Å²) in [5.74, 6) is -1.47. The Balaban J connectivity index is 2.29. The fourth-order valence-corrected chi connectivity index (χ4v) is 2.49. The van der Waals surface area contributed by atoms with Crippen molar-refractivity contribution in [2.24, 2.45) is 0 Å². The third kappa shape index (κ3) is 3.82. The topological polar surface area (TPSA) is 54.4 Å². The first-order valence-electron chi connectivity index (χ1n) is 7.56. The van der Waals surface area contributed by atoms with Gasteiger partial charge in [0.15, 0.2) is 5.78 Å². The predicted molar refractivity (Wildman–Crippen MR) is 86.2 cm³/mol. The molecule has 3 heteroatoms. The summed E-state index contributed by atoms with van der Waals surface area (Å²) in [6.07, 6.45) is 2.40. The van der Waals surface area contributed by atoms with E-state index in [0.717, 1.165) is 12.8 Å². The molecule has 0 fully saturated rings. The molecule has 0 radical (unpaired) electrons. The smallest absolute Gasteiger partial charge is 0.310 e. The summed E-state index contributed by atoms with van der Waals surface area (Å²) in [4.78, 5) is 23.9. The van der Waals surface area contributed by atoms with Gasteiger partial charge in [0, 0.05) is 11.1 Å². The van der Waals surface area contributed by atoms with Gasteiger partial charge in [-0.15, -0.1) is 0 Å². The van der Waals surface area contributed by atoms with Gasteiger partial charge in [-0.25, -0.2) is 0 Å². The Morgan fingerprint density at radius 3 is 2.32 bits per heavy atom. The maximum atomic E-state index is 12.5. The fraction of sp³-hybridized carbons (Fsp3) is 0.263. The maximum Gasteiger partial charge on any atom is 0.310 e. The van der Waals surface area contributed by atoms with E-state index in [0.29, 0.717) is 23.1 Å². The summed E-state index contributed by atoms with van der Waals surface area (Å²) in [7, 11) is 0. The summed E-state index contributed by atoms with van der Waals surface area (Å²) >= 11 is 0. The number of ketones is 1. The second-order valence-corrected chi connectivity index (χ2v) is 5.35. The van der Waals surface area contributed by atoms with Gasteiger partial charge in [-0.1, -0.05) is 68.3 Å². The number of rotatable bonds is 7. The van der Waals surface area contributed by atoms with Crippen LogP contribution in [0, 0.1) is 0 Å². The molecule has 3 nitrogen and oxygen atoms in total. The largest absolute Gasteiger partial charge is 0.481 e. The molecule has 2 aromatic rings. The quantitative estimate of drug-likeness (QED) is 0.776. The summed E-state index contributed by atoms with van der Waals surface area (Å²) in [6, 6.07) is 16.0. The van der Waals surface area contributed by atoms with Crippen molar-refractivity contribution in [2.75, 3.05) is 0 Å². The van der Waals surface area contributed by atoms with E-state index in [2.05, 4.69) is 0 Å². The molecule has 2 rings (SSSR count). The monoisotopic (exact) mass is 296 g/mol. The Labute approximate surface area is 130 Å². The number of hydrogen-bond donors (Lipinski definition) is 1. The van der Waals surface area contributed by atoms with E-state index < -0.39 is 11.9 Å². The first-order chi connectivity index (χ1) is 10.6. The molecule has 1 N–H and O–H groups in total. The minimum absolute atomic E-state index is 0.0814. The Morgan fingerprint density at radius 2 is 1.68 bits per heavy atom. The van der Waals surface area contributed by atoms with E-state index in [1.807, 2.05) is 25.1 Å². The molecular weight excluding hydrogens is 276 g/mol. The average molecular weight is 296 g/mol.